The fourth-order valence-electron chi connectivity index (χ4n) is 1.85. The average molecular weight is 370 g/mol. The summed E-state index contributed by atoms with van der Waals surface area (Å²) in [5, 5.41) is 12.2. The molecule has 2 rings (SSSR count). The first-order valence-corrected chi connectivity index (χ1v) is 7.45. The molecule has 126 valence electrons. The first-order valence-electron chi connectivity index (χ1n) is 6.69. The minimum absolute atomic E-state index is 0.0334. The number of nitrogens with one attached hydrogen (secondary N) is 1. The number of aromatic carboxylic acids is 1. The molecule has 0 saturated carbocycles. The third-order valence-corrected chi connectivity index (χ3v) is 3.48. The molecule has 0 aromatic heterocycles. The van der Waals surface area contributed by atoms with Crippen molar-refractivity contribution < 1.29 is 24.2 Å². The predicted octanol–water partition coefficient (Wildman–Crippen LogP) is 3.72. The van der Waals surface area contributed by atoms with E-state index in [0.29, 0.717) is 10.7 Å². The highest BCUT2D eigenvalue weighted by atomic mass is 35.5. The maximum atomic E-state index is 11.9. The van der Waals surface area contributed by atoms with Gasteiger partial charge in [0, 0.05) is 10.7 Å². The smallest absolute Gasteiger partial charge is 0.335 e. The second-order valence-electron chi connectivity index (χ2n) is 4.64. The van der Waals surface area contributed by atoms with Crippen molar-refractivity contribution in [2.45, 2.75) is 0 Å². The molecule has 0 unspecified atom stereocenters. The zero-order valence-corrected chi connectivity index (χ0v) is 14.0. The molecule has 0 atom stereocenters. The number of carboxylic acids is 1. The number of carbonyl (C=O) groups is 2. The summed E-state index contributed by atoms with van der Waals surface area (Å²) in [5.74, 6) is -1.35. The molecular formula is C16H13Cl2NO5. The van der Waals surface area contributed by atoms with Gasteiger partial charge in [0.2, 0.25) is 0 Å². The Balaban J connectivity index is 2.06. The van der Waals surface area contributed by atoms with Gasteiger partial charge in [0.1, 0.15) is 0 Å². The van der Waals surface area contributed by atoms with Crippen LogP contribution in [0.25, 0.3) is 0 Å². The molecule has 0 radical (unpaired) electrons. The maximum Gasteiger partial charge on any atom is 0.335 e. The lowest BCUT2D eigenvalue weighted by Crippen LogP contribution is -2.20. The Hall–Kier alpha value is -2.44. The van der Waals surface area contributed by atoms with E-state index in [0.717, 1.165) is 0 Å². The second-order valence-corrected chi connectivity index (χ2v) is 5.48. The van der Waals surface area contributed by atoms with Crippen molar-refractivity contribution in [1.29, 1.82) is 0 Å². The summed E-state index contributed by atoms with van der Waals surface area (Å²) in [4.78, 5) is 22.9. The Bertz CT molecular complexity index is 762. The van der Waals surface area contributed by atoms with Crippen LogP contribution in [0, 0.1) is 0 Å². The summed E-state index contributed by atoms with van der Waals surface area (Å²) in [6, 6.07) is 9.06. The third kappa shape index (κ3) is 4.53. The molecule has 0 aliphatic heterocycles. The van der Waals surface area contributed by atoms with E-state index in [4.69, 9.17) is 37.8 Å². The second kappa shape index (κ2) is 7.90. The van der Waals surface area contributed by atoms with Crippen LogP contribution in [0.4, 0.5) is 5.69 Å². The van der Waals surface area contributed by atoms with Crippen LogP contribution in [0.5, 0.6) is 11.5 Å². The van der Waals surface area contributed by atoms with Crippen molar-refractivity contribution in [3.8, 4) is 11.5 Å². The van der Waals surface area contributed by atoms with Crippen LogP contribution in [-0.2, 0) is 4.79 Å². The summed E-state index contributed by atoms with van der Waals surface area (Å²) < 4.78 is 10.4. The summed E-state index contributed by atoms with van der Waals surface area (Å²) >= 11 is 11.8. The highest BCUT2D eigenvalue weighted by molar-refractivity contribution is 6.32. The quantitative estimate of drug-likeness (QED) is 0.810. The van der Waals surface area contributed by atoms with E-state index in [1.165, 1.54) is 19.2 Å². The fraction of sp³-hybridized carbons (Fsp3) is 0.125. The molecule has 0 bridgehead atoms. The van der Waals surface area contributed by atoms with E-state index in [1.54, 1.807) is 24.3 Å². The van der Waals surface area contributed by atoms with Gasteiger partial charge < -0.3 is 19.9 Å². The molecule has 0 fully saturated rings. The van der Waals surface area contributed by atoms with E-state index >= 15 is 0 Å². The average Bonchev–Trinajstić information content (AvgIpc) is 2.55. The van der Waals surface area contributed by atoms with Gasteiger partial charge in [-0.25, -0.2) is 4.79 Å². The van der Waals surface area contributed by atoms with Gasteiger partial charge in [0.05, 0.1) is 17.7 Å². The number of rotatable bonds is 6. The highest BCUT2D eigenvalue weighted by Crippen LogP contribution is 2.36. The Kier molecular flexibility index (Phi) is 5.89. The summed E-state index contributed by atoms with van der Waals surface area (Å²) in [6.07, 6.45) is 0. The molecule has 0 aliphatic carbocycles. The summed E-state index contributed by atoms with van der Waals surface area (Å²) in [7, 11) is 1.35. The van der Waals surface area contributed by atoms with Crippen molar-refractivity contribution in [2.75, 3.05) is 19.0 Å². The Morgan fingerprint density at radius 3 is 2.42 bits per heavy atom. The molecule has 2 aromatic carbocycles. The standard InChI is InChI=1S/C16H13Cl2NO5/c1-23-13-7-9(16(21)22)6-12(18)15(13)24-8-14(20)19-11-4-2-10(17)3-5-11/h2-7H,8H2,1H3,(H,19,20)(H,21,22). The van der Waals surface area contributed by atoms with Gasteiger partial charge in [-0.15, -0.1) is 0 Å². The van der Waals surface area contributed by atoms with Crippen LogP contribution >= 0.6 is 23.2 Å². The number of carbonyl (C=O) groups excluding carboxylic acids is 1. The molecule has 1 amide bonds. The summed E-state index contributed by atoms with van der Waals surface area (Å²) in [6.45, 7) is -0.328. The van der Waals surface area contributed by atoms with E-state index < -0.39 is 11.9 Å². The predicted molar refractivity (Wildman–Crippen MR) is 90.5 cm³/mol. The molecule has 6 nitrogen and oxygen atoms in total. The van der Waals surface area contributed by atoms with Gasteiger partial charge in [-0.3, -0.25) is 4.79 Å². The lowest BCUT2D eigenvalue weighted by molar-refractivity contribution is -0.118. The number of hydrogen-bond acceptors (Lipinski definition) is 4. The first-order chi connectivity index (χ1) is 11.4. The first kappa shape index (κ1) is 17.9. The van der Waals surface area contributed by atoms with E-state index in [1.807, 2.05) is 0 Å². The molecule has 24 heavy (non-hydrogen) atoms. The molecule has 2 N–H and O–H groups in total. The summed E-state index contributed by atoms with van der Waals surface area (Å²) in [5.41, 5.74) is 0.516. The number of ether oxygens (including phenoxy) is 2. The van der Waals surface area contributed by atoms with Gasteiger partial charge in [0.25, 0.3) is 5.91 Å². The fourth-order valence-corrected chi connectivity index (χ4v) is 2.24. The van der Waals surface area contributed by atoms with Crippen LogP contribution in [0.15, 0.2) is 36.4 Å². The van der Waals surface area contributed by atoms with Crippen molar-refractivity contribution in [1.82, 2.24) is 0 Å². The van der Waals surface area contributed by atoms with Crippen LogP contribution in [0.3, 0.4) is 0 Å². The number of benzene rings is 2. The normalized spacial score (nSPS) is 10.1. The van der Waals surface area contributed by atoms with Crippen LogP contribution < -0.4 is 14.8 Å². The molecule has 0 spiro atoms. The Labute approximate surface area is 147 Å². The molecular weight excluding hydrogens is 357 g/mol. The molecule has 0 heterocycles. The van der Waals surface area contributed by atoms with E-state index in [-0.39, 0.29) is 28.7 Å². The number of carboxylic acid groups (broad SMARTS) is 1. The number of hydrogen-bond donors (Lipinski definition) is 2. The Morgan fingerprint density at radius 2 is 1.83 bits per heavy atom. The lowest BCUT2D eigenvalue weighted by atomic mass is 10.2. The topological polar surface area (TPSA) is 84.9 Å². The molecule has 0 aliphatic rings. The van der Waals surface area contributed by atoms with Crippen LogP contribution in [0.1, 0.15) is 10.4 Å². The van der Waals surface area contributed by atoms with Gasteiger partial charge in [-0.2, -0.15) is 0 Å². The van der Waals surface area contributed by atoms with Crippen molar-refractivity contribution >= 4 is 40.8 Å². The molecule has 0 saturated heterocycles. The zero-order chi connectivity index (χ0) is 17.7. The van der Waals surface area contributed by atoms with E-state index in [9.17, 15) is 9.59 Å². The van der Waals surface area contributed by atoms with Gasteiger partial charge in [-0.1, -0.05) is 23.2 Å². The minimum atomic E-state index is -1.15. The number of methoxy groups -OCH3 is 1. The molecule has 8 heteroatoms. The van der Waals surface area contributed by atoms with E-state index in [2.05, 4.69) is 5.32 Å². The Morgan fingerprint density at radius 1 is 1.17 bits per heavy atom. The molecule has 2 aromatic rings. The third-order valence-electron chi connectivity index (χ3n) is 2.95. The highest BCUT2D eigenvalue weighted by Gasteiger charge is 2.16. The van der Waals surface area contributed by atoms with Crippen molar-refractivity contribution in [2.24, 2.45) is 0 Å². The number of amides is 1. The maximum absolute atomic E-state index is 11.9. The number of anilines is 1. The monoisotopic (exact) mass is 369 g/mol. The van der Waals surface area contributed by atoms with Gasteiger partial charge >= 0.3 is 5.97 Å². The zero-order valence-electron chi connectivity index (χ0n) is 12.5. The van der Waals surface area contributed by atoms with Crippen LogP contribution in [-0.4, -0.2) is 30.7 Å². The van der Waals surface area contributed by atoms with Gasteiger partial charge in [-0.05, 0) is 36.4 Å². The van der Waals surface area contributed by atoms with Crippen molar-refractivity contribution in [3.05, 3.63) is 52.0 Å². The minimum Gasteiger partial charge on any atom is -0.493 e. The largest absolute Gasteiger partial charge is 0.493 e. The van der Waals surface area contributed by atoms with Crippen molar-refractivity contribution in [3.63, 3.8) is 0 Å². The number of halogens is 2. The van der Waals surface area contributed by atoms with Crippen LogP contribution in [0.2, 0.25) is 10.0 Å². The lowest BCUT2D eigenvalue weighted by Gasteiger charge is -2.13. The van der Waals surface area contributed by atoms with Gasteiger partial charge in [0.15, 0.2) is 18.1 Å². The SMILES string of the molecule is COc1cc(C(=O)O)cc(Cl)c1OCC(=O)Nc1ccc(Cl)cc1.